The van der Waals surface area contributed by atoms with Crippen LogP contribution in [0, 0.1) is 11.8 Å². The van der Waals surface area contributed by atoms with E-state index in [0.29, 0.717) is 19.4 Å². The van der Waals surface area contributed by atoms with E-state index < -0.39 is 30.0 Å². The molecule has 0 bridgehead atoms. The first-order chi connectivity index (χ1) is 20.4. The standard InChI is InChI=1S/C33H34N2O7/c36-30(37)16-22-14-23(15-22)18-34-32(39)29(17-31(38)41-19-21-8-2-1-3-9-21)35-33(40)42-20-28-26-12-6-4-10-24(26)25-11-5-7-13-27(25)28/h1-13,22-23,28-29H,14-20H2,(H,34,39)(H,35,40)(H,36,37)/t22?,23?,29-/m0/s1. The van der Waals surface area contributed by atoms with E-state index in [1.165, 1.54) is 0 Å². The van der Waals surface area contributed by atoms with Crippen LogP contribution >= 0.6 is 0 Å². The van der Waals surface area contributed by atoms with E-state index in [9.17, 15) is 19.2 Å². The molecule has 0 aromatic heterocycles. The van der Waals surface area contributed by atoms with Crippen LogP contribution in [-0.4, -0.2) is 48.2 Å². The minimum Gasteiger partial charge on any atom is -0.481 e. The molecule has 1 saturated carbocycles. The van der Waals surface area contributed by atoms with Crippen LogP contribution in [-0.2, 0) is 30.5 Å². The number of alkyl carbamates (subject to hydrolysis) is 1. The van der Waals surface area contributed by atoms with E-state index >= 15 is 0 Å². The largest absolute Gasteiger partial charge is 0.481 e. The first kappa shape index (κ1) is 28.9. The summed E-state index contributed by atoms with van der Waals surface area (Å²) in [5, 5.41) is 14.3. The number of amides is 2. The summed E-state index contributed by atoms with van der Waals surface area (Å²) in [6.45, 7) is 0.447. The zero-order valence-electron chi connectivity index (χ0n) is 23.2. The molecule has 9 heteroatoms. The van der Waals surface area contributed by atoms with Crippen molar-refractivity contribution < 1.29 is 33.8 Å². The second-order valence-electron chi connectivity index (χ2n) is 10.9. The highest BCUT2D eigenvalue weighted by Crippen LogP contribution is 2.44. The van der Waals surface area contributed by atoms with Crippen LogP contribution < -0.4 is 10.6 Å². The van der Waals surface area contributed by atoms with Gasteiger partial charge in [0, 0.05) is 18.9 Å². The van der Waals surface area contributed by atoms with Crippen LogP contribution in [0.3, 0.4) is 0 Å². The van der Waals surface area contributed by atoms with Crippen molar-refractivity contribution in [2.24, 2.45) is 11.8 Å². The number of hydrogen-bond acceptors (Lipinski definition) is 6. The van der Waals surface area contributed by atoms with E-state index in [2.05, 4.69) is 10.6 Å². The Bertz CT molecular complexity index is 1390. The highest BCUT2D eigenvalue weighted by molar-refractivity contribution is 5.89. The summed E-state index contributed by atoms with van der Waals surface area (Å²) in [6, 6.07) is 23.9. The summed E-state index contributed by atoms with van der Waals surface area (Å²) in [7, 11) is 0. The van der Waals surface area contributed by atoms with E-state index in [1.807, 2.05) is 78.9 Å². The summed E-state index contributed by atoms with van der Waals surface area (Å²) in [6.07, 6.45) is 0.351. The lowest BCUT2D eigenvalue weighted by Gasteiger charge is -2.34. The van der Waals surface area contributed by atoms with Crippen molar-refractivity contribution in [2.75, 3.05) is 13.2 Å². The van der Waals surface area contributed by atoms with E-state index in [1.54, 1.807) is 0 Å². The number of rotatable bonds is 12. The first-order valence-electron chi connectivity index (χ1n) is 14.2. The molecule has 5 rings (SSSR count). The van der Waals surface area contributed by atoms with Gasteiger partial charge < -0.3 is 25.2 Å². The molecule has 1 atom stereocenters. The molecule has 0 saturated heterocycles. The number of esters is 1. The molecule has 218 valence electrons. The Kier molecular flexibility index (Phi) is 9.16. The number of carbonyl (C=O) groups is 4. The molecular weight excluding hydrogens is 536 g/mol. The maximum atomic E-state index is 13.1. The van der Waals surface area contributed by atoms with E-state index in [-0.39, 0.29) is 43.8 Å². The average Bonchev–Trinajstić information content (AvgIpc) is 3.29. The van der Waals surface area contributed by atoms with E-state index in [4.69, 9.17) is 14.6 Å². The minimum atomic E-state index is -1.20. The number of carboxylic acid groups (broad SMARTS) is 1. The van der Waals surface area contributed by atoms with E-state index in [0.717, 1.165) is 27.8 Å². The van der Waals surface area contributed by atoms with Gasteiger partial charge in [-0.25, -0.2) is 4.79 Å². The molecule has 0 heterocycles. The van der Waals surface area contributed by atoms with Crippen LogP contribution in [0.5, 0.6) is 0 Å². The van der Waals surface area contributed by atoms with Crippen molar-refractivity contribution >= 4 is 23.9 Å². The Balaban J connectivity index is 1.18. The molecular formula is C33H34N2O7. The fourth-order valence-corrected chi connectivity index (χ4v) is 5.78. The van der Waals surface area contributed by atoms with Crippen LogP contribution in [0.2, 0.25) is 0 Å². The van der Waals surface area contributed by atoms with Crippen LogP contribution in [0.15, 0.2) is 78.9 Å². The third-order valence-electron chi connectivity index (χ3n) is 7.93. The number of carboxylic acids is 1. The molecule has 0 aliphatic heterocycles. The molecule has 0 radical (unpaired) electrons. The highest BCUT2D eigenvalue weighted by Gasteiger charge is 2.33. The number of aliphatic carboxylic acids is 1. The van der Waals surface area contributed by atoms with Crippen molar-refractivity contribution in [3.8, 4) is 11.1 Å². The molecule has 2 aliphatic rings. The third kappa shape index (κ3) is 7.15. The second-order valence-corrected chi connectivity index (χ2v) is 10.9. The summed E-state index contributed by atoms with van der Waals surface area (Å²) in [4.78, 5) is 49.6. The van der Waals surface area contributed by atoms with Gasteiger partial charge in [0.05, 0.1) is 6.42 Å². The van der Waals surface area contributed by atoms with Gasteiger partial charge in [-0.3, -0.25) is 14.4 Å². The van der Waals surface area contributed by atoms with Crippen molar-refractivity contribution in [1.82, 2.24) is 10.6 Å². The topological polar surface area (TPSA) is 131 Å². The predicted molar refractivity (Wildman–Crippen MR) is 154 cm³/mol. The van der Waals surface area contributed by atoms with Gasteiger partial charge in [0.25, 0.3) is 0 Å². The second kappa shape index (κ2) is 13.3. The lowest BCUT2D eigenvalue weighted by molar-refractivity contribution is -0.147. The van der Waals surface area contributed by atoms with Gasteiger partial charge in [-0.15, -0.1) is 0 Å². The van der Waals surface area contributed by atoms with Gasteiger partial charge in [-0.05, 0) is 52.5 Å². The first-order valence-corrected chi connectivity index (χ1v) is 14.2. The Morgan fingerprint density at radius 1 is 0.810 bits per heavy atom. The molecule has 2 aliphatic carbocycles. The lowest BCUT2D eigenvalue weighted by atomic mass is 9.73. The maximum absolute atomic E-state index is 13.1. The zero-order chi connectivity index (χ0) is 29.5. The van der Waals surface area contributed by atoms with Crippen molar-refractivity contribution in [3.05, 3.63) is 95.6 Å². The average molecular weight is 571 g/mol. The number of carbonyl (C=O) groups excluding carboxylic acids is 3. The highest BCUT2D eigenvalue weighted by atomic mass is 16.5. The normalized spacial score (nSPS) is 17.6. The quantitative estimate of drug-likeness (QED) is 0.270. The molecule has 3 aromatic rings. The molecule has 3 N–H and O–H groups in total. The molecule has 0 unspecified atom stereocenters. The fourth-order valence-electron chi connectivity index (χ4n) is 5.78. The SMILES string of the molecule is O=C(O)CC1CC(CNC(=O)[C@H](CC(=O)OCc2ccccc2)NC(=O)OCC2c3ccccc3-c3ccccc32)C1. The zero-order valence-corrected chi connectivity index (χ0v) is 23.2. The monoisotopic (exact) mass is 570 g/mol. The fraction of sp³-hybridized carbons (Fsp3) is 0.333. The van der Waals surface area contributed by atoms with Gasteiger partial charge in [-0.2, -0.15) is 0 Å². The Morgan fingerprint density at radius 3 is 2.07 bits per heavy atom. The molecule has 42 heavy (non-hydrogen) atoms. The Hall–Kier alpha value is -4.66. The lowest BCUT2D eigenvalue weighted by Crippen LogP contribution is -2.50. The summed E-state index contributed by atoms with van der Waals surface area (Å²) < 4.78 is 11.0. The van der Waals surface area contributed by atoms with Crippen LogP contribution in [0.25, 0.3) is 11.1 Å². The van der Waals surface area contributed by atoms with Gasteiger partial charge in [0.1, 0.15) is 19.3 Å². The number of hydrogen-bond donors (Lipinski definition) is 3. The summed E-state index contributed by atoms with van der Waals surface area (Å²) >= 11 is 0. The number of benzene rings is 3. The number of ether oxygens (including phenoxy) is 2. The van der Waals surface area contributed by atoms with Crippen LogP contribution in [0.1, 0.15) is 48.3 Å². The maximum Gasteiger partial charge on any atom is 0.407 e. The van der Waals surface area contributed by atoms with Gasteiger partial charge in [0.15, 0.2) is 0 Å². The van der Waals surface area contributed by atoms with Gasteiger partial charge in [0.2, 0.25) is 5.91 Å². The Labute approximate surface area is 244 Å². The van der Waals surface area contributed by atoms with Gasteiger partial charge >= 0.3 is 18.0 Å². The molecule has 0 spiro atoms. The Morgan fingerprint density at radius 2 is 1.43 bits per heavy atom. The number of nitrogens with one attached hydrogen (secondary N) is 2. The molecule has 2 amide bonds. The summed E-state index contributed by atoms with van der Waals surface area (Å²) in [5.74, 6) is -1.89. The smallest absolute Gasteiger partial charge is 0.407 e. The van der Waals surface area contributed by atoms with Gasteiger partial charge in [-0.1, -0.05) is 78.9 Å². The van der Waals surface area contributed by atoms with Crippen molar-refractivity contribution in [2.45, 2.75) is 44.2 Å². The number of fused-ring (bicyclic) bond motifs is 3. The van der Waals surface area contributed by atoms with Crippen molar-refractivity contribution in [3.63, 3.8) is 0 Å². The molecule has 3 aromatic carbocycles. The molecule has 1 fully saturated rings. The van der Waals surface area contributed by atoms with Crippen LogP contribution in [0.4, 0.5) is 4.79 Å². The minimum absolute atomic E-state index is 0.0476. The molecule has 9 nitrogen and oxygen atoms in total. The third-order valence-corrected chi connectivity index (χ3v) is 7.93. The predicted octanol–water partition coefficient (Wildman–Crippen LogP) is 4.64. The summed E-state index contributed by atoms with van der Waals surface area (Å²) in [5.41, 5.74) is 5.13. The van der Waals surface area contributed by atoms with Crippen molar-refractivity contribution in [1.29, 1.82) is 0 Å².